The topological polar surface area (TPSA) is 72.0 Å². The van der Waals surface area contributed by atoms with Gasteiger partial charge in [0.05, 0.1) is 5.69 Å². The van der Waals surface area contributed by atoms with Gasteiger partial charge in [0, 0.05) is 25.4 Å². The predicted molar refractivity (Wildman–Crippen MR) is 125 cm³/mol. The summed E-state index contributed by atoms with van der Waals surface area (Å²) in [6.07, 6.45) is 4.93. The van der Waals surface area contributed by atoms with Crippen LogP contribution in [-0.4, -0.2) is 66.0 Å². The van der Waals surface area contributed by atoms with Gasteiger partial charge in [-0.1, -0.05) is 18.2 Å². The molecular weight excluding hydrogens is 406 g/mol. The van der Waals surface area contributed by atoms with Crippen LogP contribution in [0.3, 0.4) is 0 Å². The molecule has 1 amide bonds. The van der Waals surface area contributed by atoms with Crippen LogP contribution in [0.1, 0.15) is 32.0 Å². The molecule has 1 heterocycles. The van der Waals surface area contributed by atoms with Gasteiger partial charge in [0.1, 0.15) is 24.5 Å². The highest BCUT2D eigenvalue weighted by Gasteiger charge is 2.21. The number of carbonyl (C=O) groups excluding carboxylic acids is 2. The second-order valence-corrected chi connectivity index (χ2v) is 8.66. The molecular formula is C25H33N3O4. The number of hydrogen-bond donors (Lipinski definition) is 0. The highest BCUT2D eigenvalue weighted by molar-refractivity contribution is 5.93. The molecule has 0 N–H and O–H groups in total. The van der Waals surface area contributed by atoms with E-state index in [1.54, 1.807) is 33.0 Å². The quantitative estimate of drug-likeness (QED) is 0.417. The SMILES string of the molecule is CN(C)CCN(CC(=O)OC(C)(C)C)C(=O)/C=C/c1ccc(OCc2ccccn2)cc1. The normalized spacial score (nSPS) is 11.6. The van der Waals surface area contributed by atoms with E-state index in [0.29, 0.717) is 19.7 Å². The molecule has 172 valence electrons. The third kappa shape index (κ3) is 9.75. The molecule has 32 heavy (non-hydrogen) atoms. The first-order valence-corrected chi connectivity index (χ1v) is 10.6. The minimum Gasteiger partial charge on any atom is -0.487 e. The number of esters is 1. The smallest absolute Gasteiger partial charge is 0.326 e. The van der Waals surface area contributed by atoms with Crippen LogP contribution in [0.5, 0.6) is 5.75 Å². The van der Waals surface area contributed by atoms with Gasteiger partial charge >= 0.3 is 5.97 Å². The van der Waals surface area contributed by atoms with Crippen LogP contribution in [-0.2, 0) is 20.9 Å². The van der Waals surface area contributed by atoms with Crippen molar-refractivity contribution in [3.05, 3.63) is 66.0 Å². The van der Waals surface area contributed by atoms with Crippen LogP contribution >= 0.6 is 0 Å². The summed E-state index contributed by atoms with van der Waals surface area (Å²) in [5.41, 5.74) is 1.11. The number of nitrogens with zero attached hydrogens (tertiary/aromatic N) is 3. The molecule has 0 radical (unpaired) electrons. The van der Waals surface area contributed by atoms with Crippen molar-refractivity contribution < 1.29 is 19.1 Å². The number of carbonyl (C=O) groups is 2. The van der Waals surface area contributed by atoms with Gasteiger partial charge in [-0.25, -0.2) is 0 Å². The Morgan fingerprint density at radius 2 is 1.75 bits per heavy atom. The Kier molecular flexibility index (Phi) is 9.40. The van der Waals surface area contributed by atoms with Crippen LogP contribution in [0.4, 0.5) is 0 Å². The van der Waals surface area contributed by atoms with E-state index in [-0.39, 0.29) is 12.5 Å². The lowest BCUT2D eigenvalue weighted by Gasteiger charge is -2.25. The summed E-state index contributed by atoms with van der Waals surface area (Å²) in [6, 6.07) is 13.1. The molecule has 0 saturated carbocycles. The van der Waals surface area contributed by atoms with E-state index in [2.05, 4.69) is 4.98 Å². The summed E-state index contributed by atoms with van der Waals surface area (Å²) in [5, 5.41) is 0. The standard InChI is InChI=1S/C25H33N3O4/c1-25(2,3)32-24(30)18-28(17-16-27(4)5)23(29)14-11-20-9-12-22(13-10-20)31-19-21-8-6-7-15-26-21/h6-15H,16-19H2,1-5H3/b14-11+. The fourth-order valence-corrected chi connectivity index (χ4v) is 2.71. The van der Waals surface area contributed by atoms with Gasteiger partial charge in [-0.05, 0) is 70.8 Å². The van der Waals surface area contributed by atoms with Crippen LogP contribution in [0.25, 0.3) is 6.08 Å². The molecule has 0 saturated heterocycles. The van der Waals surface area contributed by atoms with E-state index in [0.717, 1.165) is 17.0 Å². The highest BCUT2D eigenvalue weighted by atomic mass is 16.6. The molecule has 0 fully saturated rings. The number of hydrogen-bond acceptors (Lipinski definition) is 6. The maximum Gasteiger partial charge on any atom is 0.326 e. The molecule has 0 aliphatic heterocycles. The fraction of sp³-hybridized carbons (Fsp3) is 0.400. The van der Waals surface area contributed by atoms with Crippen LogP contribution in [0.2, 0.25) is 0 Å². The molecule has 0 atom stereocenters. The summed E-state index contributed by atoms with van der Waals surface area (Å²) in [7, 11) is 3.84. The van der Waals surface area contributed by atoms with E-state index in [4.69, 9.17) is 9.47 Å². The highest BCUT2D eigenvalue weighted by Crippen LogP contribution is 2.15. The van der Waals surface area contributed by atoms with E-state index < -0.39 is 11.6 Å². The van der Waals surface area contributed by atoms with Gasteiger partial charge in [-0.2, -0.15) is 0 Å². The van der Waals surface area contributed by atoms with Crippen LogP contribution < -0.4 is 4.74 Å². The van der Waals surface area contributed by atoms with Gasteiger partial charge in [0.25, 0.3) is 0 Å². The molecule has 0 aliphatic rings. The largest absolute Gasteiger partial charge is 0.487 e. The van der Waals surface area contributed by atoms with Crippen LogP contribution in [0.15, 0.2) is 54.7 Å². The number of benzene rings is 1. The Hall–Kier alpha value is -3.19. The summed E-state index contributed by atoms with van der Waals surface area (Å²) in [4.78, 5) is 32.6. The fourth-order valence-electron chi connectivity index (χ4n) is 2.71. The summed E-state index contributed by atoms with van der Waals surface area (Å²) in [6.45, 7) is 6.79. The van der Waals surface area contributed by atoms with Crippen molar-refractivity contribution in [2.75, 3.05) is 33.7 Å². The molecule has 0 unspecified atom stereocenters. The first kappa shape index (κ1) is 25.1. The number of rotatable bonds is 10. The van der Waals surface area contributed by atoms with E-state index in [1.807, 2.05) is 61.5 Å². The third-order valence-corrected chi connectivity index (χ3v) is 4.28. The molecule has 0 bridgehead atoms. The molecule has 7 heteroatoms. The summed E-state index contributed by atoms with van der Waals surface area (Å²) >= 11 is 0. The number of ether oxygens (including phenoxy) is 2. The average Bonchev–Trinajstić information content (AvgIpc) is 2.73. The molecule has 0 aliphatic carbocycles. The van der Waals surface area contributed by atoms with Crippen molar-refractivity contribution in [2.45, 2.75) is 33.0 Å². The molecule has 2 rings (SSSR count). The van der Waals surface area contributed by atoms with Gasteiger partial charge in [-0.3, -0.25) is 14.6 Å². The zero-order valence-electron chi connectivity index (χ0n) is 19.6. The summed E-state index contributed by atoms with van der Waals surface area (Å²) < 4.78 is 11.1. The number of aromatic nitrogens is 1. The van der Waals surface area contributed by atoms with Gasteiger partial charge in [-0.15, -0.1) is 0 Å². The molecule has 2 aromatic rings. The Morgan fingerprint density at radius 3 is 2.34 bits per heavy atom. The Labute approximate surface area is 190 Å². The lowest BCUT2D eigenvalue weighted by molar-refractivity contribution is -0.158. The second-order valence-electron chi connectivity index (χ2n) is 8.66. The molecule has 1 aromatic heterocycles. The minimum atomic E-state index is -0.594. The lowest BCUT2D eigenvalue weighted by Crippen LogP contribution is -2.41. The van der Waals surface area contributed by atoms with E-state index in [9.17, 15) is 9.59 Å². The van der Waals surface area contributed by atoms with Gasteiger partial charge < -0.3 is 19.3 Å². The third-order valence-electron chi connectivity index (χ3n) is 4.28. The first-order chi connectivity index (χ1) is 15.1. The van der Waals surface area contributed by atoms with Crippen molar-refractivity contribution in [3.8, 4) is 5.75 Å². The summed E-state index contributed by atoms with van der Waals surface area (Å²) in [5.74, 6) is 0.0530. The minimum absolute atomic E-state index is 0.0887. The monoisotopic (exact) mass is 439 g/mol. The van der Waals surface area contributed by atoms with Crippen LogP contribution in [0, 0.1) is 0 Å². The number of amides is 1. The number of likely N-dealkylation sites (N-methyl/N-ethyl adjacent to an activating group) is 1. The zero-order valence-corrected chi connectivity index (χ0v) is 19.6. The molecule has 0 spiro atoms. The number of pyridine rings is 1. The van der Waals surface area contributed by atoms with Crippen molar-refractivity contribution in [2.24, 2.45) is 0 Å². The van der Waals surface area contributed by atoms with Crippen molar-refractivity contribution in [3.63, 3.8) is 0 Å². The maximum atomic E-state index is 12.7. The van der Waals surface area contributed by atoms with E-state index in [1.165, 1.54) is 11.0 Å². The van der Waals surface area contributed by atoms with Gasteiger partial charge in [0.2, 0.25) is 5.91 Å². The Balaban J connectivity index is 1.96. The Bertz CT molecular complexity index is 888. The lowest BCUT2D eigenvalue weighted by atomic mass is 10.2. The predicted octanol–water partition coefficient (Wildman–Crippen LogP) is 3.41. The van der Waals surface area contributed by atoms with Crippen molar-refractivity contribution in [1.29, 1.82) is 0 Å². The molecule has 7 nitrogen and oxygen atoms in total. The van der Waals surface area contributed by atoms with Gasteiger partial charge in [0.15, 0.2) is 0 Å². The average molecular weight is 440 g/mol. The molecule has 1 aromatic carbocycles. The van der Waals surface area contributed by atoms with Crippen molar-refractivity contribution >= 4 is 18.0 Å². The zero-order chi connectivity index (χ0) is 23.6. The second kappa shape index (κ2) is 12.0. The maximum absolute atomic E-state index is 12.7. The first-order valence-electron chi connectivity index (χ1n) is 10.6. The van der Waals surface area contributed by atoms with Crippen molar-refractivity contribution in [1.82, 2.24) is 14.8 Å². The van der Waals surface area contributed by atoms with E-state index >= 15 is 0 Å². The Morgan fingerprint density at radius 1 is 1.03 bits per heavy atom.